The first-order valence-corrected chi connectivity index (χ1v) is 7.04. The van der Waals surface area contributed by atoms with Crippen LogP contribution < -0.4 is 10.6 Å². The maximum Gasteiger partial charge on any atom is 0.249 e. The molecule has 122 valence electrons. The normalized spacial score (nSPS) is 10.5. The molecular weight excluding hydrogens is 343 g/mol. The van der Waals surface area contributed by atoms with E-state index in [0.29, 0.717) is 10.7 Å². The topological polar surface area (TPSA) is 62.7 Å². The van der Waals surface area contributed by atoms with Crippen LogP contribution >= 0.6 is 11.6 Å². The molecule has 0 radical (unpaired) electrons. The molecule has 0 bridgehead atoms. The predicted molar refractivity (Wildman–Crippen MR) is 84.2 cm³/mol. The monoisotopic (exact) mass is 351 g/mol. The molecule has 0 atom stereocenters. The van der Waals surface area contributed by atoms with Crippen molar-refractivity contribution in [1.29, 1.82) is 0 Å². The molecule has 0 saturated heterocycles. The van der Waals surface area contributed by atoms with E-state index < -0.39 is 17.5 Å². The molecule has 0 aliphatic rings. The highest BCUT2D eigenvalue weighted by atomic mass is 35.5. The van der Waals surface area contributed by atoms with Crippen LogP contribution in [0.25, 0.3) is 0 Å². The molecule has 0 spiro atoms. The Labute approximate surface area is 139 Å². The first-order chi connectivity index (χ1) is 11.5. The lowest BCUT2D eigenvalue weighted by Crippen LogP contribution is -2.05. The van der Waals surface area contributed by atoms with Gasteiger partial charge in [-0.2, -0.15) is 10.1 Å². The average Bonchev–Trinajstić information content (AvgIpc) is 2.58. The van der Waals surface area contributed by atoms with Crippen LogP contribution in [-0.2, 0) is 0 Å². The first kappa shape index (κ1) is 16.0. The van der Waals surface area contributed by atoms with E-state index in [1.807, 2.05) is 0 Å². The second-order valence-corrected chi connectivity index (χ2v) is 5.03. The number of nitrogens with zero attached hydrogens (tertiary/aromatic N) is 3. The minimum atomic E-state index is -1.58. The highest BCUT2D eigenvalue weighted by Crippen LogP contribution is 2.25. The van der Waals surface area contributed by atoms with Crippen molar-refractivity contribution in [3.05, 3.63) is 65.1 Å². The lowest BCUT2D eigenvalue weighted by atomic mass is 10.3. The molecule has 9 heteroatoms. The fourth-order valence-electron chi connectivity index (χ4n) is 1.86. The van der Waals surface area contributed by atoms with E-state index in [-0.39, 0.29) is 17.5 Å². The number of rotatable bonds is 4. The first-order valence-electron chi connectivity index (χ1n) is 6.66. The summed E-state index contributed by atoms with van der Waals surface area (Å²) in [5.41, 5.74) is 0.273. The fourth-order valence-corrected chi connectivity index (χ4v) is 2.04. The van der Waals surface area contributed by atoms with E-state index in [4.69, 9.17) is 11.6 Å². The number of hydrogen-bond donors (Lipinski definition) is 2. The summed E-state index contributed by atoms with van der Waals surface area (Å²) in [5.74, 6) is -4.06. The molecule has 0 aliphatic carbocycles. The van der Waals surface area contributed by atoms with Crippen molar-refractivity contribution in [2.24, 2.45) is 0 Å². The molecule has 0 aliphatic heterocycles. The zero-order valence-corrected chi connectivity index (χ0v) is 12.7. The molecule has 3 aromatic rings. The third kappa shape index (κ3) is 3.38. The van der Waals surface area contributed by atoms with Crippen LogP contribution in [0.1, 0.15) is 0 Å². The number of benzene rings is 2. The fraction of sp³-hybridized carbons (Fsp3) is 0. The predicted octanol–water partition coefficient (Wildman–Crippen LogP) is 4.43. The highest BCUT2D eigenvalue weighted by molar-refractivity contribution is 6.33. The molecular formula is C15H9ClF3N5. The minimum Gasteiger partial charge on any atom is -0.338 e. The summed E-state index contributed by atoms with van der Waals surface area (Å²) in [6.07, 6.45) is 1.33. The van der Waals surface area contributed by atoms with Gasteiger partial charge in [0.2, 0.25) is 5.95 Å². The summed E-state index contributed by atoms with van der Waals surface area (Å²) in [4.78, 5) is 4.06. The molecule has 0 fully saturated rings. The smallest absolute Gasteiger partial charge is 0.249 e. The van der Waals surface area contributed by atoms with Crippen molar-refractivity contribution in [3.63, 3.8) is 0 Å². The lowest BCUT2D eigenvalue weighted by Gasteiger charge is -2.09. The van der Waals surface area contributed by atoms with Crippen LogP contribution in [0, 0.1) is 17.5 Å². The van der Waals surface area contributed by atoms with E-state index in [2.05, 4.69) is 25.8 Å². The number of anilines is 4. The van der Waals surface area contributed by atoms with Crippen LogP contribution in [0.4, 0.5) is 36.3 Å². The zero-order valence-electron chi connectivity index (χ0n) is 11.9. The summed E-state index contributed by atoms with van der Waals surface area (Å²) in [6.45, 7) is 0. The molecule has 0 unspecified atom stereocenters. The van der Waals surface area contributed by atoms with Gasteiger partial charge in [0.1, 0.15) is 0 Å². The maximum atomic E-state index is 13.7. The Kier molecular flexibility index (Phi) is 4.48. The summed E-state index contributed by atoms with van der Waals surface area (Å²) < 4.78 is 39.8. The SMILES string of the molecule is Fc1ccc(Nc2nncc(Nc3ccccc3Cl)n2)c(F)c1F. The molecule has 0 saturated carbocycles. The van der Waals surface area contributed by atoms with Crippen molar-refractivity contribution >= 4 is 34.7 Å². The Bertz CT molecular complexity index is 891. The van der Waals surface area contributed by atoms with E-state index in [1.165, 1.54) is 6.20 Å². The van der Waals surface area contributed by atoms with E-state index >= 15 is 0 Å². The zero-order chi connectivity index (χ0) is 17.1. The van der Waals surface area contributed by atoms with E-state index in [9.17, 15) is 13.2 Å². The van der Waals surface area contributed by atoms with Crippen LogP contribution in [0.5, 0.6) is 0 Å². The van der Waals surface area contributed by atoms with Crippen molar-refractivity contribution < 1.29 is 13.2 Å². The van der Waals surface area contributed by atoms with Crippen molar-refractivity contribution in [2.75, 3.05) is 10.6 Å². The van der Waals surface area contributed by atoms with Crippen molar-refractivity contribution in [3.8, 4) is 0 Å². The molecule has 24 heavy (non-hydrogen) atoms. The quantitative estimate of drug-likeness (QED) is 0.681. The molecule has 3 rings (SSSR count). The Morgan fingerprint density at radius 2 is 1.67 bits per heavy atom. The van der Waals surface area contributed by atoms with E-state index in [1.54, 1.807) is 24.3 Å². The van der Waals surface area contributed by atoms with Crippen molar-refractivity contribution in [1.82, 2.24) is 15.2 Å². The molecule has 0 amide bonds. The van der Waals surface area contributed by atoms with Crippen LogP contribution in [0.15, 0.2) is 42.6 Å². The largest absolute Gasteiger partial charge is 0.338 e. The average molecular weight is 352 g/mol. The Hall–Kier alpha value is -2.87. The second-order valence-electron chi connectivity index (χ2n) is 4.62. The van der Waals surface area contributed by atoms with Gasteiger partial charge in [0, 0.05) is 0 Å². The Morgan fingerprint density at radius 1 is 0.875 bits per heavy atom. The summed E-state index contributed by atoms with van der Waals surface area (Å²) in [5, 5.41) is 13.2. The standard InChI is InChI=1S/C15H9ClF3N5/c16-8-3-1-2-4-10(8)21-12-7-20-24-15(23-12)22-11-6-5-9(17)13(18)14(11)19/h1-7H,(H2,21,22,23,24). The van der Waals surface area contributed by atoms with Gasteiger partial charge in [-0.1, -0.05) is 23.7 Å². The third-order valence-electron chi connectivity index (χ3n) is 2.98. The van der Waals surface area contributed by atoms with Crippen molar-refractivity contribution in [2.45, 2.75) is 0 Å². The van der Waals surface area contributed by atoms with Crippen LogP contribution in [-0.4, -0.2) is 15.2 Å². The highest BCUT2D eigenvalue weighted by Gasteiger charge is 2.14. The number of nitrogens with one attached hydrogen (secondary N) is 2. The van der Waals surface area contributed by atoms with Gasteiger partial charge in [0.05, 0.1) is 22.6 Å². The van der Waals surface area contributed by atoms with Crippen LogP contribution in [0.2, 0.25) is 5.02 Å². The van der Waals surface area contributed by atoms with Gasteiger partial charge in [-0.25, -0.2) is 13.2 Å². The summed E-state index contributed by atoms with van der Waals surface area (Å²) >= 11 is 6.03. The van der Waals surface area contributed by atoms with E-state index in [0.717, 1.165) is 12.1 Å². The Balaban J connectivity index is 1.84. The number of halogens is 4. The summed E-state index contributed by atoms with van der Waals surface area (Å²) in [6, 6.07) is 8.79. The molecule has 1 heterocycles. The summed E-state index contributed by atoms with van der Waals surface area (Å²) in [7, 11) is 0. The van der Waals surface area contributed by atoms with Gasteiger partial charge < -0.3 is 10.6 Å². The Morgan fingerprint density at radius 3 is 2.46 bits per heavy atom. The second kappa shape index (κ2) is 6.71. The molecule has 2 aromatic carbocycles. The number of aromatic nitrogens is 3. The van der Waals surface area contributed by atoms with Crippen LogP contribution in [0.3, 0.4) is 0 Å². The third-order valence-corrected chi connectivity index (χ3v) is 3.31. The van der Waals surface area contributed by atoms with Gasteiger partial charge in [0.15, 0.2) is 23.3 Å². The minimum absolute atomic E-state index is 0.100. The number of hydrogen-bond acceptors (Lipinski definition) is 5. The van der Waals surface area contributed by atoms with Gasteiger partial charge in [-0.3, -0.25) is 0 Å². The van der Waals surface area contributed by atoms with Gasteiger partial charge in [-0.15, -0.1) is 5.10 Å². The maximum absolute atomic E-state index is 13.7. The molecule has 5 nitrogen and oxygen atoms in total. The van der Waals surface area contributed by atoms with Gasteiger partial charge in [0.25, 0.3) is 0 Å². The number of para-hydroxylation sites is 1. The molecule has 1 aromatic heterocycles. The lowest BCUT2D eigenvalue weighted by molar-refractivity contribution is 0.449. The van der Waals surface area contributed by atoms with Gasteiger partial charge >= 0.3 is 0 Å². The molecule has 2 N–H and O–H groups in total. The van der Waals surface area contributed by atoms with Gasteiger partial charge in [-0.05, 0) is 24.3 Å².